The van der Waals surface area contributed by atoms with E-state index in [9.17, 15) is 14.7 Å². The number of carbonyl (C=O) groups is 2. The molecule has 7 heteroatoms. The predicted octanol–water partition coefficient (Wildman–Crippen LogP) is 3.94. The van der Waals surface area contributed by atoms with Crippen molar-refractivity contribution in [2.75, 3.05) is 33.5 Å². The van der Waals surface area contributed by atoms with Gasteiger partial charge in [-0.15, -0.1) is 0 Å². The molecule has 1 aliphatic rings. The summed E-state index contributed by atoms with van der Waals surface area (Å²) in [5.74, 6) is -0.355. The Morgan fingerprint density at radius 1 is 1.00 bits per heavy atom. The number of aliphatic hydroxyl groups excluding tert-OH is 1. The summed E-state index contributed by atoms with van der Waals surface area (Å²) in [6, 6.07) is 13.3. The van der Waals surface area contributed by atoms with Gasteiger partial charge in [-0.1, -0.05) is 31.2 Å². The lowest BCUT2D eigenvalue weighted by molar-refractivity contribution is -0.140. The molecule has 0 aliphatic carbocycles. The second kappa shape index (κ2) is 10.8. The molecule has 0 spiro atoms. The summed E-state index contributed by atoms with van der Waals surface area (Å²) in [7, 11) is 1.53. The Balaban J connectivity index is 2.07. The third-order valence-corrected chi connectivity index (χ3v) is 5.16. The molecule has 1 saturated heterocycles. The van der Waals surface area contributed by atoms with Crippen LogP contribution in [0.25, 0.3) is 5.76 Å². The molecule has 2 aromatic carbocycles. The lowest BCUT2D eigenvalue weighted by atomic mass is 9.95. The standard InChI is InChI=1S/C25H29NO6/c1-4-14-32-19-11-9-17(10-12-19)22-21(24(28)25(29)26(22)13-15-30-3)23(27)18-7-6-8-20(16-18)31-5-2/h6-12,16,22,27H,4-5,13-15H2,1-3H3/b23-21+. The van der Waals surface area contributed by atoms with E-state index in [1.807, 2.05) is 26.0 Å². The van der Waals surface area contributed by atoms with Crippen molar-refractivity contribution in [1.29, 1.82) is 0 Å². The van der Waals surface area contributed by atoms with E-state index < -0.39 is 17.7 Å². The van der Waals surface area contributed by atoms with E-state index in [2.05, 4.69) is 0 Å². The minimum absolute atomic E-state index is 0.0435. The molecule has 3 rings (SSSR count). The fourth-order valence-electron chi connectivity index (χ4n) is 3.67. The first kappa shape index (κ1) is 23.3. The summed E-state index contributed by atoms with van der Waals surface area (Å²) < 4.78 is 16.3. The smallest absolute Gasteiger partial charge is 0.295 e. The van der Waals surface area contributed by atoms with E-state index in [4.69, 9.17) is 14.2 Å². The largest absolute Gasteiger partial charge is 0.507 e. The molecule has 1 amide bonds. The number of hydrogen-bond acceptors (Lipinski definition) is 6. The highest BCUT2D eigenvalue weighted by molar-refractivity contribution is 6.46. The topological polar surface area (TPSA) is 85.3 Å². The van der Waals surface area contributed by atoms with Gasteiger partial charge >= 0.3 is 0 Å². The second-order valence-electron chi connectivity index (χ2n) is 7.36. The van der Waals surface area contributed by atoms with E-state index in [0.717, 1.165) is 6.42 Å². The van der Waals surface area contributed by atoms with Crippen LogP contribution in [0.3, 0.4) is 0 Å². The highest BCUT2D eigenvalue weighted by Gasteiger charge is 2.45. The highest BCUT2D eigenvalue weighted by atomic mass is 16.5. The van der Waals surface area contributed by atoms with E-state index in [-0.39, 0.29) is 24.5 Å². The van der Waals surface area contributed by atoms with E-state index in [1.54, 1.807) is 36.4 Å². The van der Waals surface area contributed by atoms with Crippen LogP contribution in [0.5, 0.6) is 11.5 Å². The number of benzene rings is 2. The van der Waals surface area contributed by atoms with Crippen molar-refractivity contribution >= 4 is 17.4 Å². The van der Waals surface area contributed by atoms with Crippen molar-refractivity contribution in [2.24, 2.45) is 0 Å². The first-order valence-electron chi connectivity index (χ1n) is 10.7. The minimum Gasteiger partial charge on any atom is -0.507 e. The first-order valence-corrected chi connectivity index (χ1v) is 10.7. The zero-order chi connectivity index (χ0) is 23.1. The molecule has 2 aromatic rings. The van der Waals surface area contributed by atoms with Crippen LogP contribution in [0.1, 0.15) is 37.4 Å². The Bertz CT molecular complexity index is 982. The summed E-state index contributed by atoms with van der Waals surface area (Å²) >= 11 is 0. The molecule has 1 aliphatic heterocycles. The molecule has 1 unspecified atom stereocenters. The lowest BCUT2D eigenvalue weighted by Crippen LogP contribution is -2.32. The number of nitrogens with zero attached hydrogens (tertiary/aromatic N) is 1. The van der Waals surface area contributed by atoms with Crippen molar-refractivity contribution in [3.8, 4) is 11.5 Å². The van der Waals surface area contributed by atoms with Gasteiger partial charge in [-0.25, -0.2) is 0 Å². The summed E-state index contributed by atoms with van der Waals surface area (Å²) in [6.45, 7) is 5.44. The molecular formula is C25H29NO6. The third kappa shape index (κ3) is 4.94. The Hall–Kier alpha value is -3.32. The molecule has 170 valence electrons. The number of carbonyl (C=O) groups excluding carboxylic acids is 2. The Morgan fingerprint density at radius 3 is 2.41 bits per heavy atom. The van der Waals surface area contributed by atoms with Crippen LogP contribution >= 0.6 is 0 Å². The maximum absolute atomic E-state index is 13.0. The zero-order valence-electron chi connectivity index (χ0n) is 18.7. The number of likely N-dealkylation sites (tertiary alicyclic amines) is 1. The minimum atomic E-state index is -0.735. The summed E-state index contributed by atoms with van der Waals surface area (Å²) in [5.41, 5.74) is 1.15. The van der Waals surface area contributed by atoms with Crippen LogP contribution in [-0.4, -0.2) is 55.2 Å². The van der Waals surface area contributed by atoms with Gasteiger partial charge < -0.3 is 24.2 Å². The first-order chi connectivity index (χ1) is 15.5. The SMILES string of the molecule is CCCOc1ccc(C2/C(=C(\O)c3cccc(OCC)c3)C(=O)C(=O)N2CCOC)cc1. The zero-order valence-corrected chi connectivity index (χ0v) is 18.7. The van der Waals surface area contributed by atoms with Gasteiger partial charge in [-0.05, 0) is 43.2 Å². The molecule has 0 aromatic heterocycles. The van der Waals surface area contributed by atoms with Gasteiger partial charge in [0, 0.05) is 19.2 Å². The number of ketones is 1. The monoisotopic (exact) mass is 439 g/mol. The van der Waals surface area contributed by atoms with Crippen molar-refractivity contribution < 1.29 is 28.9 Å². The second-order valence-corrected chi connectivity index (χ2v) is 7.36. The molecule has 7 nitrogen and oxygen atoms in total. The number of rotatable bonds is 10. The molecule has 1 heterocycles. The maximum atomic E-state index is 13.0. The van der Waals surface area contributed by atoms with Gasteiger partial charge in [0.1, 0.15) is 17.3 Å². The van der Waals surface area contributed by atoms with Crippen LogP contribution < -0.4 is 9.47 Å². The molecular weight excluding hydrogens is 410 g/mol. The molecule has 1 N–H and O–H groups in total. The molecule has 1 fully saturated rings. The number of amides is 1. The van der Waals surface area contributed by atoms with Gasteiger partial charge in [-0.3, -0.25) is 9.59 Å². The predicted molar refractivity (Wildman–Crippen MR) is 121 cm³/mol. The number of hydrogen-bond donors (Lipinski definition) is 1. The van der Waals surface area contributed by atoms with Crippen molar-refractivity contribution in [2.45, 2.75) is 26.3 Å². The van der Waals surface area contributed by atoms with E-state index in [1.165, 1.54) is 12.0 Å². The Labute approximate surface area is 188 Å². The van der Waals surface area contributed by atoms with Gasteiger partial charge in [-0.2, -0.15) is 0 Å². The van der Waals surface area contributed by atoms with Gasteiger partial charge in [0.2, 0.25) is 0 Å². The van der Waals surface area contributed by atoms with E-state index in [0.29, 0.717) is 35.8 Å². The van der Waals surface area contributed by atoms with Crippen molar-refractivity contribution in [3.05, 3.63) is 65.2 Å². The summed E-state index contributed by atoms with van der Waals surface area (Å²) in [6.07, 6.45) is 0.889. The summed E-state index contributed by atoms with van der Waals surface area (Å²) in [5, 5.41) is 11.1. The quantitative estimate of drug-likeness (QED) is 0.343. The van der Waals surface area contributed by atoms with Crippen LogP contribution in [0, 0.1) is 0 Å². The van der Waals surface area contributed by atoms with Crippen LogP contribution in [-0.2, 0) is 14.3 Å². The van der Waals surface area contributed by atoms with Crippen LogP contribution in [0.2, 0.25) is 0 Å². The maximum Gasteiger partial charge on any atom is 0.295 e. The number of aliphatic hydroxyl groups is 1. The molecule has 0 saturated carbocycles. The normalized spacial score (nSPS) is 17.6. The van der Waals surface area contributed by atoms with Gasteiger partial charge in [0.25, 0.3) is 11.7 Å². The van der Waals surface area contributed by atoms with Crippen molar-refractivity contribution in [3.63, 3.8) is 0 Å². The molecule has 0 bridgehead atoms. The highest BCUT2D eigenvalue weighted by Crippen LogP contribution is 2.40. The molecule has 1 atom stereocenters. The molecule has 32 heavy (non-hydrogen) atoms. The van der Waals surface area contributed by atoms with E-state index >= 15 is 0 Å². The number of Topliss-reactive ketones (excluding diaryl/α,β-unsaturated/α-hetero) is 1. The number of methoxy groups -OCH3 is 1. The van der Waals surface area contributed by atoms with Gasteiger partial charge in [0.05, 0.1) is 31.4 Å². The lowest BCUT2D eigenvalue weighted by Gasteiger charge is -2.25. The van der Waals surface area contributed by atoms with Crippen molar-refractivity contribution in [1.82, 2.24) is 4.90 Å². The van der Waals surface area contributed by atoms with Gasteiger partial charge in [0.15, 0.2) is 0 Å². The third-order valence-electron chi connectivity index (χ3n) is 5.16. The fraction of sp³-hybridized carbons (Fsp3) is 0.360. The number of ether oxygens (including phenoxy) is 3. The Morgan fingerprint density at radius 2 is 1.75 bits per heavy atom. The molecule has 0 radical (unpaired) electrons. The average Bonchev–Trinajstić information content (AvgIpc) is 3.06. The summed E-state index contributed by atoms with van der Waals surface area (Å²) in [4.78, 5) is 27.3. The van der Waals surface area contributed by atoms with Crippen LogP contribution in [0.15, 0.2) is 54.1 Å². The Kier molecular flexibility index (Phi) is 7.89. The van der Waals surface area contributed by atoms with Crippen LogP contribution in [0.4, 0.5) is 0 Å². The fourth-order valence-corrected chi connectivity index (χ4v) is 3.67. The average molecular weight is 440 g/mol.